The molecule has 0 radical (unpaired) electrons. The van der Waals surface area contributed by atoms with Crippen molar-refractivity contribution >= 4 is 5.91 Å². The molecule has 1 fully saturated rings. The van der Waals surface area contributed by atoms with Crippen molar-refractivity contribution in [1.82, 2.24) is 19.7 Å². The third-order valence-electron chi connectivity index (χ3n) is 4.96. The summed E-state index contributed by atoms with van der Waals surface area (Å²) in [6.07, 6.45) is 7.59. The van der Waals surface area contributed by atoms with E-state index < -0.39 is 0 Å². The van der Waals surface area contributed by atoms with Crippen LogP contribution in [0, 0.1) is 5.41 Å². The number of piperidine rings is 1. The topological polar surface area (TPSA) is 51.0 Å². The van der Waals surface area contributed by atoms with Crippen molar-refractivity contribution in [3.8, 4) is 0 Å². The molecule has 0 bridgehead atoms. The number of nitrogens with zero attached hydrogens (tertiary/aromatic N) is 4. The van der Waals surface area contributed by atoms with Gasteiger partial charge in [-0.25, -0.2) is 0 Å². The number of aryl methyl sites for hydroxylation is 1. The highest BCUT2D eigenvalue weighted by molar-refractivity contribution is 5.77. The van der Waals surface area contributed by atoms with Gasteiger partial charge in [0, 0.05) is 38.4 Å². The van der Waals surface area contributed by atoms with Crippen LogP contribution in [-0.2, 0) is 17.8 Å². The summed E-state index contributed by atoms with van der Waals surface area (Å²) in [6, 6.07) is 0. The molecule has 0 spiro atoms. The first kappa shape index (κ1) is 16.5. The van der Waals surface area contributed by atoms with Crippen LogP contribution in [-0.4, -0.2) is 38.7 Å². The van der Waals surface area contributed by atoms with Crippen LogP contribution < -0.4 is 0 Å². The Balaban J connectivity index is 1.72. The molecule has 1 aromatic heterocycles. The molecule has 1 aromatic rings. The van der Waals surface area contributed by atoms with Gasteiger partial charge < -0.3 is 9.47 Å². The summed E-state index contributed by atoms with van der Waals surface area (Å²) in [5.41, 5.74) is 0.0516. The minimum atomic E-state index is 0.0516. The first-order chi connectivity index (χ1) is 10.9. The summed E-state index contributed by atoms with van der Waals surface area (Å²) in [7, 11) is 0. The average Bonchev–Trinajstić information content (AvgIpc) is 2.74. The number of hydrogen-bond acceptors (Lipinski definition) is 3. The molecule has 1 atom stereocenters. The fraction of sp³-hybridized carbons (Fsp3) is 0.833. The van der Waals surface area contributed by atoms with Gasteiger partial charge in [-0.15, -0.1) is 10.2 Å². The molecule has 1 amide bonds. The van der Waals surface area contributed by atoms with Crippen molar-refractivity contribution in [1.29, 1.82) is 0 Å². The van der Waals surface area contributed by atoms with Gasteiger partial charge in [-0.05, 0) is 31.1 Å². The predicted octanol–water partition coefficient (Wildman–Crippen LogP) is 3.15. The number of rotatable bonds is 2. The van der Waals surface area contributed by atoms with Crippen LogP contribution in [0.3, 0.4) is 0 Å². The van der Waals surface area contributed by atoms with Crippen molar-refractivity contribution in [2.24, 2.45) is 5.41 Å². The number of aromatic nitrogens is 3. The van der Waals surface area contributed by atoms with E-state index in [9.17, 15) is 4.79 Å². The normalized spacial score (nSPS) is 22.6. The lowest BCUT2D eigenvalue weighted by Gasteiger charge is -2.34. The molecule has 0 aliphatic carbocycles. The lowest BCUT2D eigenvalue weighted by molar-refractivity contribution is -0.134. The van der Waals surface area contributed by atoms with Crippen LogP contribution in [0.15, 0.2) is 0 Å². The van der Waals surface area contributed by atoms with Gasteiger partial charge in [0.25, 0.3) is 0 Å². The highest BCUT2D eigenvalue weighted by Gasteiger charge is 2.30. The molecule has 3 heterocycles. The molecule has 1 saturated heterocycles. The van der Waals surface area contributed by atoms with Gasteiger partial charge >= 0.3 is 0 Å². The molecular formula is C18H30N4O. The number of amides is 1. The van der Waals surface area contributed by atoms with Crippen LogP contribution >= 0.6 is 0 Å². The monoisotopic (exact) mass is 318 g/mol. The van der Waals surface area contributed by atoms with E-state index in [4.69, 9.17) is 0 Å². The summed E-state index contributed by atoms with van der Waals surface area (Å²) in [5.74, 6) is 2.91. The molecule has 0 aromatic carbocycles. The Morgan fingerprint density at radius 3 is 2.74 bits per heavy atom. The van der Waals surface area contributed by atoms with E-state index in [2.05, 4.69) is 40.4 Å². The first-order valence-corrected chi connectivity index (χ1v) is 9.14. The van der Waals surface area contributed by atoms with E-state index in [1.54, 1.807) is 0 Å². The van der Waals surface area contributed by atoms with E-state index in [0.29, 0.717) is 12.3 Å². The van der Waals surface area contributed by atoms with Gasteiger partial charge in [-0.1, -0.05) is 27.2 Å². The minimum Gasteiger partial charge on any atom is -0.342 e. The van der Waals surface area contributed by atoms with Gasteiger partial charge in [0.2, 0.25) is 5.91 Å². The Bertz CT molecular complexity index is 558. The van der Waals surface area contributed by atoms with Crippen molar-refractivity contribution in [2.75, 3.05) is 13.1 Å². The van der Waals surface area contributed by atoms with Crippen LogP contribution in [0.2, 0.25) is 0 Å². The molecule has 2 aliphatic rings. The number of likely N-dealkylation sites (tertiary alicyclic amines) is 1. The summed E-state index contributed by atoms with van der Waals surface area (Å²) >= 11 is 0. The van der Waals surface area contributed by atoms with E-state index in [0.717, 1.165) is 50.5 Å². The molecule has 2 aliphatic heterocycles. The SMILES string of the molecule is CC(C)(C)CC(=O)N1CCCC(c2nnc3n2CCCCC3)C1. The fourth-order valence-electron chi connectivity index (χ4n) is 3.79. The highest BCUT2D eigenvalue weighted by Crippen LogP contribution is 2.29. The molecule has 0 saturated carbocycles. The van der Waals surface area contributed by atoms with Crippen molar-refractivity contribution in [3.05, 3.63) is 11.6 Å². The summed E-state index contributed by atoms with van der Waals surface area (Å²) in [6.45, 7) is 9.14. The first-order valence-electron chi connectivity index (χ1n) is 9.14. The molecule has 0 N–H and O–H groups in total. The number of carbonyl (C=O) groups excluding carboxylic acids is 1. The average molecular weight is 318 g/mol. The van der Waals surface area contributed by atoms with Crippen LogP contribution in [0.1, 0.15) is 76.9 Å². The molecule has 5 heteroatoms. The van der Waals surface area contributed by atoms with Crippen molar-refractivity contribution < 1.29 is 4.79 Å². The minimum absolute atomic E-state index is 0.0516. The van der Waals surface area contributed by atoms with Gasteiger partial charge in [0.15, 0.2) is 0 Å². The Labute approximate surface area is 139 Å². The summed E-state index contributed by atoms with van der Waals surface area (Å²) in [4.78, 5) is 14.6. The third-order valence-corrected chi connectivity index (χ3v) is 4.96. The van der Waals surface area contributed by atoms with Gasteiger partial charge in [0.05, 0.1) is 0 Å². The maximum atomic E-state index is 12.6. The number of fused-ring (bicyclic) bond motifs is 1. The maximum Gasteiger partial charge on any atom is 0.223 e. The Kier molecular flexibility index (Phi) is 4.74. The van der Waals surface area contributed by atoms with Crippen LogP contribution in [0.5, 0.6) is 0 Å². The Hall–Kier alpha value is -1.39. The summed E-state index contributed by atoms with van der Waals surface area (Å²) in [5, 5.41) is 8.94. The quantitative estimate of drug-likeness (QED) is 0.841. The third kappa shape index (κ3) is 3.93. The lowest BCUT2D eigenvalue weighted by atomic mass is 9.90. The maximum absolute atomic E-state index is 12.6. The smallest absolute Gasteiger partial charge is 0.223 e. The van der Waals surface area contributed by atoms with Gasteiger partial charge in [-0.3, -0.25) is 4.79 Å². The highest BCUT2D eigenvalue weighted by atomic mass is 16.2. The van der Waals surface area contributed by atoms with Crippen molar-refractivity contribution in [3.63, 3.8) is 0 Å². The van der Waals surface area contributed by atoms with E-state index >= 15 is 0 Å². The predicted molar refractivity (Wildman–Crippen MR) is 90.2 cm³/mol. The van der Waals surface area contributed by atoms with E-state index in [-0.39, 0.29) is 11.3 Å². The van der Waals surface area contributed by atoms with Gasteiger partial charge in [0.1, 0.15) is 11.6 Å². The Morgan fingerprint density at radius 2 is 1.96 bits per heavy atom. The van der Waals surface area contributed by atoms with Crippen LogP contribution in [0.25, 0.3) is 0 Å². The zero-order valence-corrected chi connectivity index (χ0v) is 14.8. The second-order valence-corrected chi connectivity index (χ2v) is 8.35. The largest absolute Gasteiger partial charge is 0.342 e. The van der Waals surface area contributed by atoms with Gasteiger partial charge in [-0.2, -0.15) is 0 Å². The second-order valence-electron chi connectivity index (χ2n) is 8.35. The van der Waals surface area contributed by atoms with Crippen LogP contribution in [0.4, 0.5) is 0 Å². The second kappa shape index (κ2) is 6.62. The van der Waals surface area contributed by atoms with E-state index in [1.165, 1.54) is 19.3 Å². The molecule has 128 valence electrons. The summed E-state index contributed by atoms with van der Waals surface area (Å²) < 4.78 is 2.34. The zero-order valence-electron chi connectivity index (χ0n) is 14.8. The van der Waals surface area contributed by atoms with E-state index in [1.807, 2.05) is 0 Å². The molecule has 23 heavy (non-hydrogen) atoms. The molecular weight excluding hydrogens is 288 g/mol. The van der Waals surface area contributed by atoms with Crippen molar-refractivity contribution in [2.45, 2.75) is 78.2 Å². The Morgan fingerprint density at radius 1 is 1.13 bits per heavy atom. The molecule has 1 unspecified atom stereocenters. The molecule has 3 rings (SSSR count). The fourth-order valence-corrected chi connectivity index (χ4v) is 3.79. The number of carbonyl (C=O) groups is 1. The molecule has 5 nitrogen and oxygen atoms in total. The lowest BCUT2D eigenvalue weighted by Crippen LogP contribution is -2.41. The standard InChI is InChI=1S/C18H30N4O/c1-18(2,3)12-16(23)21-10-7-8-14(13-21)17-20-19-15-9-5-4-6-11-22(15)17/h14H,4-13H2,1-3H3. The zero-order chi connectivity index (χ0) is 16.4. The number of hydrogen-bond donors (Lipinski definition) is 0.